The van der Waals surface area contributed by atoms with Crippen LogP contribution in [-0.4, -0.2) is 33.6 Å². The number of hydrogen-bond donors (Lipinski definition) is 2. The number of hydrogen-bond acceptors (Lipinski definition) is 5. The molecule has 1 atom stereocenters. The summed E-state index contributed by atoms with van der Waals surface area (Å²) in [5.74, 6) is 0.284. The summed E-state index contributed by atoms with van der Waals surface area (Å²) in [7, 11) is 0. The van der Waals surface area contributed by atoms with Gasteiger partial charge in [-0.05, 0) is 24.5 Å². The minimum atomic E-state index is -0.497. The molecule has 5 nitrogen and oxygen atoms in total. The molecule has 0 saturated heterocycles. The van der Waals surface area contributed by atoms with Gasteiger partial charge >= 0.3 is 0 Å². The van der Waals surface area contributed by atoms with E-state index in [2.05, 4.69) is 15.3 Å². The van der Waals surface area contributed by atoms with Crippen LogP contribution in [0, 0.1) is 5.92 Å². The molecule has 2 rings (SSSR count). The minimum absolute atomic E-state index is 0.124. The van der Waals surface area contributed by atoms with Crippen molar-refractivity contribution < 1.29 is 9.90 Å². The number of aromatic nitrogens is 2. The van der Waals surface area contributed by atoms with Gasteiger partial charge < -0.3 is 10.4 Å². The monoisotopic (exact) mass is 319 g/mol. The normalized spacial score (nSPS) is 12.4. The van der Waals surface area contributed by atoms with Gasteiger partial charge in [-0.3, -0.25) is 9.78 Å². The van der Waals surface area contributed by atoms with E-state index in [9.17, 15) is 9.90 Å². The number of aliphatic hydroxyl groups is 1. The standard InChI is InChI=1S/C16H21N3O2S/c1-11(2)7-13(20)9-18-15(21)8-12-10-22-16(19-12)14-5-3-4-6-17-14/h3-6,10-11,13,20H,7-9H2,1-2H3,(H,18,21). The van der Waals surface area contributed by atoms with Crippen molar-refractivity contribution in [2.45, 2.75) is 32.8 Å². The van der Waals surface area contributed by atoms with E-state index in [1.165, 1.54) is 11.3 Å². The molecule has 0 aromatic carbocycles. The second-order valence-electron chi connectivity index (χ2n) is 5.62. The second kappa shape index (κ2) is 8.00. The Balaban J connectivity index is 1.84. The lowest BCUT2D eigenvalue weighted by molar-refractivity contribution is -0.121. The maximum absolute atomic E-state index is 11.9. The van der Waals surface area contributed by atoms with E-state index in [0.717, 1.165) is 16.4 Å². The summed E-state index contributed by atoms with van der Waals surface area (Å²) < 4.78 is 0. The number of amides is 1. The molecule has 2 aromatic rings. The topological polar surface area (TPSA) is 75.1 Å². The molecule has 2 heterocycles. The SMILES string of the molecule is CC(C)CC(O)CNC(=O)Cc1csc(-c2ccccn2)n1. The van der Waals surface area contributed by atoms with Crippen molar-refractivity contribution in [3.63, 3.8) is 0 Å². The van der Waals surface area contributed by atoms with Crippen LogP contribution in [0.2, 0.25) is 0 Å². The van der Waals surface area contributed by atoms with Gasteiger partial charge in [-0.1, -0.05) is 19.9 Å². The Bertz CT molecular complexity index is 598. The van der Waals surface area contributed by atoms with Crippen LogP contribution >= 0.6 is 11.3 Å². The van der Waals surface area contributed by atoms with Crippen LogP contribution in [-0.2, 0) is 11.2 Å². The van der Waals surface area contributed by atoms with Crippen LogP contribution in [0.3, 0.4) is 0 Å². The quantitative estimate of drug-likeness (QED) is 0.821. The summed E-state index contributed by atoms with van der Waals surface area (Å²) in [4.78, 5) is 20.5. The number of rotatable bonds is 7. The number of carbonyl (C=O) groups excluding carboxylic acids is 1. The molecule has 22 heavy (non-hydrogen) atoms. The smallest absolute Gasteiger partial charge is 0.226 e. The first-order valence-electron chi connectivity index (χ1n) is 7.35. The fourth-order valence-corrected chi connectivity index (χ4v) is 2.88. The molecule has 1 amide bonds. The van der Waals surface area contributed by atoms with Gasteiger partial charge in [0.05, 0.1) is 23.9 Å². The minimum Gasteiger partial charge on any atom is -0.391 e. The van der Waals surface area contributed by atoms with E-state index in [0.29, 0.717) is 12.3 Å². The molecule has 0 aliphatic rings. The van der Waals surface area contributed by atoms with Crippen molar-refractivity contribution in [1.29, 1.82) is 0 Å². The van der Waals surface area contributed by atoms with Gasteiger partial charge in [0.15, 0.2) is 0 Å². The second-order valence-corrected chi connectivity index (χ2v) is 6.48. The number of aliphatic hydroxyl groups excluding tert-OH is 1. The summed E-state index contributed by atoms with van der Waals surface area (Å²) >= 11 is 1.47. The highest BCUT2D eigenvalue weighted by Crippen LogP contribution is 2.21. The first-order valence-corrected chi connectivity index (χ1v) is 8.23. The van der Waals surface area contributed by atoms with Crippen molar-refractivity contribution in [3.8, 4) is 10.7 Å². The molecule has 6 heteroatoms. The fraction of sp³-hybridized carbons (Fsp3) is 0.438. The summed E-state index contributed by atoms with van der Waals surface area (Å²) in [5, 5.41) is 15.2. The van der Waals surface area contributed by atoms with E-state index in [4.69, 9.17) is 0 Å². The molecular weight excluding hydrogens is 298 g/mol. The van der Waals surface area contributed by atoms with Gasteiger partial charge in [0, 0.05) is 18.1 Å². The highest BCUT2D eigenvalue weighted by Gasteiger charge is 2.12. The fourth-order valence-electron chi connectivity index (χ4n) is 2.08. The van der Waals surface area contributed by atoms with Gasteiger partial charge in [-0.2, -0.15) is 0 Å². The van der Waals surface area contributed by atoms with E-state index in [-0.39, 0.29) is 18.9 Å². The first-order chi connectivity index (χ1) is 10.5. The summed E-state index contributed by atoms with van der Waals surface area (Å²) in [6.45, 7) is 4.37. The molecule has 0 bridgehead atoms. The first kappa shape index (κ1) is 16.6. The van der Waals surface area contributed by atoms with E-state index in [1.807, 2.05) is 37.4 Å². The van der Waals surface area contributed by atoms with Crippen LogP contribution in [0.25, 0.3) is 10.7 Å². The molecule has 0 radical (unpaired) electrons. The van der Waals surface area contributed by atoms with Crippen LogP contribution < -0.4 is 5.32 Å². The average molecular weight is 319 g/mol. The van der Waals surface area contributed by atoms with Gasteiger partial charge in [0.2, 0.25) is 5.91 Å². The van der Waals surface area contributed by atoms with Crippen LogP contribution in [0.5, 0.6) is 0 Å². The van der Waals surface area contributed by atoms with Gasteiger partial charge in [-0.15, -0.1) is 11.3 Å². The predicted molar refractivity (Wildman–Crippen MR) is 87.5 cm³/mol. The Morgan fingerprint density at radius 2 is 2.23 bits per heavy atom. The Kier molecular flexibility index (Phi) is 6.03. The summed E-state index contributed by atoms with van der Waals surface area (Å²) in [6.07, 6.45) is 2.13. The van der Waals surface area contributed by atoms with Crippen LogP contribution in [0.15, 0.2) is 29.8 Å². The van der Waals surface area contributed by atoms with E-state index >= 15 is 0 Å². The maximum Gasteiger partial charge on any atom is 0.226 e. The Labute approximate surface area is 134 Å². The molecular formula is C16H21N3O2S. The molecule has 0 saturated carbocycles. The van der Waals surface area contributed by atoms with Gasteiger partial charge in [0.25, 0.3) is 0 Å². The highest BCUT2D eigenvalue weighted by atomic mass is 32.1. The number of thiazole rings is 1. The molecule has 2 aromatic heterocycles. The zero-order chi connectivity index (χ0) is 15.9. The van der Waals surface area contributed by atoms with E-state index in [1.54, 1.807) is 6.20 Å². The van der Waals surface area contributed by atoms with Crippen molar-refractivity contribution in [2.24, 2.45) is 5.92 Å². The zero-order valence-electron chi connectivity index (χ0n) is 12.8. The lowest BCUT2D eigenvalue weighted by Crippen LogP contribution is -2.33. The maximum atomic E-state index is 11.9. The number of nitrogens with zero attached hydrogens (tertiary/aromatic N) is 2. The Morgan fingerprint density at radius 1 is 1.41 bits per heavy atom. The molecule has 1 unspecified atom stereocenters. The molecule has 0 aliphatic heterocycles. The molecule has 0 fully saturated rings. The summed E-state index contributed by atoms with van der Waals surface area (Å²) in [5.41, 5.74) is 1.54. The molecule has 0 spiro atoms. The van der Waals surface area contributed by atoms with Crippen molar-refractivity contribution in [3.05, 3.63) is 35.5 Å². The third-order valence-corrected chi connectivity index (χ3v) is 3.97. The molecule has 0 aliphatic carbocycles. The highest BCUT2D eigenvalue weighted by molar-refractivity contribution is 7.13. The molecule has 2 N–H and O–H groups in total. The third-order valence-electron chi connectivity index (χ3n) is 3.06. The van der Waals surface area contributed by atoms with Crippen LogP contribution in [0.4, 0.5) is 0 Å². The van der Waals surface area contributed by atoms with Crippen LogP contribution in [0.1, 0.15) is 26.0 Å². The lowest BCUT2D eigenvalue weighted by atomic mass is 10.1. The lowest BCUT2D eigenvalue weighted by Gasteiger charge is -2.13. The van der Waals surface area contributed by atoms with Gasteiger partial charge in [-0.25, -0.2) is 4.98 Å². The number of pyridine rings is 1. The Hall–Kier alpha value is -1.79. The zero-order valence-corrected chi connectivity index (χ0v) is 13.6. The largest absolute Gasteiger partial charge is 0.391 e. The number of nitrogens with one attached hydrogen (secondary N) is 1. The summed E-state index contributed by atoms with van der Waals surface area (Å²) in [6, 6.07) is 5.66. The van der Waals surface area contributed by atoms with Crippen molar-refractivity contribution in [2.75, 3.05) is 6.54 Å². The van der Waals surface area contributed by atoms with Gasteiger partial charge in [0.1, 0.15) is 5.01 Å². The van der Waals surface area contributed by atoms with E-state index < -0.39 is 6.10 Å². The predicted octanol–water partition coefficient (Wildman–Crippen LogP) is 2.27. The average Bonchev–Trinajstić information content (AvgIpc) is 2.94. The number of carbonyl (C=O) groups is 1. The Morgan fingerprint density at radius 3 is 2.91 bits per heavy atom. The third kappa shape index (κ3) is 5.20. The molecule has 118 valence electrons. The van der Waals surface area contributed by atoms with Crippen molar-refractivity contribution >= 4 is 17.2 Å². The van der Waals surface area contributed by atoms with Crippen molar-refractivity contribution in [1.82, 2.24) is 15.3 Å².